The highest BCUT2D eigenvalue weighted by Gasteiger charge is 2.32. The number of sulfone groups is 1. The fourth-order valence-corrected chi connectivity index (χ4v) is 7.12. The van der Waals surface area contributed by atoms with Gasteiger partial charge in [0.25, 0.3) is 0 Å². The molecular weight excluding hydrogens is 494 g/mol. The number of benzene rings is 2. The largest absolute Gasteiger partial charge is 0.390 e. The molecule has 1 fully saturated rings. The number of aromatic nitrogens is 1. The minimum absolute atomic E-state index is 0.0564. The van der Waals surface area contributed by atoms with E-state index in [1.54, 1.807) is 43.4 Å². The van der Waals surface area contributed by atoms with Crippen molar-refractivity contribution in [3.8, 4) is 0 Å². The van der Waals surface area contributed by atoms with E-state index in [1.165, 1.54) is 11.3 Å². The molecule has 10 heteroatoms. The van der Waals surface area contributed by atoms with Crippen LogP contribution >= 0.6 is 22.9 Å². The van der Waals surface area contributed by atoms with E-state index in [0.29, 0.717) is 23.7 Å². The van der Waals surface area contributed by atoms with E-state index in [4.69, 9.17) is 11.6 Å². The SMILES string of the molecule is CN=c1sc(N2CCCCC2C(=O)CCS(=O)(=O)c2ccc3cc(Cl)ccc3c2)c(CO)n1C. The van der Waals surface area contributed by atoms with Crippen LogP contribution in [0, 0.1) is 0 Å². The number of carbonyl (C=O) groups excluding carboxylic acids is 1. The van der Waals surface area contributed by atoms with Crippen molar-refractivity contribution < 1.29 is 18.3 Å². The van der Waals surface area contributed by atoms with Gasteiger partial charge in [0.1, 0.15) is 5.00 Å². The first kappa shape index (κ1) is 24.9. The van der Waals surface area contributed by atoms with Crippen molar-refractivity contribution in [2.24, 2.45) is 12.0 Å². The monoisotopic (exact) mass is 521 g/mol. The highest BCUT2D eigenvalue weighted by atomic mass is 35.5. The summed E-state index contributed by atoms with van der Waals surface area (Å²) in [4.78, 5) is 20.5. The summed E-state index contributed by atoms with van der Waals surface area (Å²) in [5.41, 5.74) is 0.717. The number of thiazole rings is 1. The molecule has 1 unspecified atom stereocenters. The van der Waals surface area contributed by atoms with Crippen molar-refractivity contribution >= 4 is 54.3 Å². The predicted octanol–water partition coefficient (Wildman–Crippen LogP) is 3.71. The fraction of sp³-hybridized carbons (Fsp3) is 0.417. The molecular formula is C24H28ClN3O4S2. The Bertz CT molecular complexity index is 1390. The van der Waals surface area contributed by atoms with Crippen LogP contribution in [0.4, 0.5) is 5.00 Å². The lowest BCUT2D eigenvalue weighted by atomic mass is 9.97. The van der Waals surface area contributed by atoms with Crippen LogP contribution in [0.2, 0.25) is 5.02 Å². The molecule has 2 heterocycles. The van der Waals surface area contributed by atoms with Crippen molar-refractivity contribution in [1.82, 2.24) is 4.57 Å². The molecule has 34 heavy (non-hydrogen) atoms. The molecule has 0 amide bonds. The Morgan fingerprint density at radius 1 is 1.21 bits per heavy atom. The normalized spacial score (nSPS) is 17.5. The summed E-state index contributed by atoms with van der Waals surface area (Å²) in [5.74, 6) is -0.332. The summed E-state index contributed by atoms with van der Waals surface area (Å²) in [7, 11) is -0.0837. The van der Waals surface area contributed by atoms with Crippen molar-refractivity contribution in [2.75, 3.05) is 24.2 Å². The summed E-state index contributed by atoms with van der Waals surface area (Å²) >= 11 is 7.46. The number of halogens is 1. The lowest BCUT2D eigenvalue weighted by Gasteiger charge is -2.36. The van der Waals surface area contributed by atoms with Gasteiger partial charge in [0.15, 0.2) is 20.4 Å². The van der Waals surface area contributed by atoms with E-state index in [1.807, 2.05) is 16.5 Å². The number of hydrogen-bond acceptors (Lipinski definition) is 7. The first-order valence-electron chi connectivity index (χ1n) is 11.2. The fourth-order valence-electron chi connectivity index (χ4n) is 4.48. The van der Waals surface area contributed by atoms with E-state index in [0.717, 1.165) is 33.4 Å². The summed E-state index contributed by atoms with van der Waals surface area (Å²) in [6.07, 6.45) is 2.46. The van der Waals surface area contributed by atoms with Crippen molar-refractivity contribution in [3.05, 3.63) is 51.9 Å². The van der Waals surface area contributed by atoms with Gasteiger partial charge in [0.05, 0.1) is 29.0 Å². The number of carbonyl (C=O) groups is 1. The quantitative estimate of drug-likeness (QED) is 0.511. The van der Waals surface area contributed by atoms with Gasteiger partial charge in [0.2, 0.25) is 0 Å². The zero-order valence-electron chi connectivity index (χ0n) is 19.2. The number of rotatable bonds is 7. The van der Waals surface area contributed by atoms with Gasteiger partial charge in [-0.15, -0.1) is 0 Å². The lowest BCUT2D eigenvalue weighted by molar-refractivity contribution is -0.120. The van der Waals surface area contributed by atoms with Crippen LogP contribution in [0.5, 0.6) is 0 Å². The molecule has 1 saturated heterocycles. The van der Waals surface area contributed by atoms with Crippen LogP contribution in [-0.4, -0.2) is 49.3 Å². The summed E-state index contributed by atoms with van der Waals surface area (Å²) in [6.45, 7) is 0.532. The predicted molar refractivity (Wildman–Crippen MR) is 136 cm³/mol. The molecule has 1 aromatic heterocycles. The first-order valence-corrected chi connectivity index (χ1v) is 14.0. The van der Waals surface area contributed by atoms with Crippen molar-refractivity contribution in [3.63, 3.8) is 0 Å². The van der Waals surface area contributed by atoms with E-state index in [2.05, 4.69) is 4.99 Å². The highest BCUT2D eigenvalue weighted by molar-refractivity contribution is 7.91. The molecule has 3 aromatic rings. The number of anilines is 1. The van der Waals surface area contributed by atoms with Gasteiger partial charge in [-0.05, 0) is 54.3 Å². The van der Waals surface area contributed by atoms with Crippen LogP contribution in [0.25, 0.3) is 10.8 Å². The summed E-state index contributed by atoms with van der Waals surface area (Å²) in [5, 5.41) is 13.0. The molecule has 0 bridgehead atoms. The third-order valence-corrected chi connectivity index (χ3v) is 9.60. The van der Waals surface area contributed by atoms with Crippen LogP contribution in [0.1, 0.15) is 31.4 Å². The van der Waals surface area contributed by atoms with Gasteiger partial charge in [-0.2, -0.15) is 0 Å². The van der Waals surface area contributed by atoms with Crippen molar-refractivity contribution in [1.29, 1.82) is 0 Å². The number of piperidine rings is 1. The number of aliphatic hydroxyl groups is 1. The molecule has 0 spiro atoms. The molecule has 4 rings (SSSR count). The summed E-state index contributed by atoms with van der Waals surface area (Å²) in [6, 6.07) is 9.84. The second-order valence-electron chi connectivity index (χ2n) is 8.47. The highest BCUT2D eigenvalue weighted by Crippen LogP contribution is 2.32. The van der Waals surface area contributed by atoms with Gasteiger partial charge in [0, 0.05) is 32.1 Å². The van der Waals surface area contributed by atoms with E-state index in [-0.39, 0.29) is 29.5 Å². The minimum Gasteiger partial charge on any atom is -0.390 e. The maximum absolute atomic E-state index is 13.3. The number of nitrogens with zero attached hydrogens (tertiary/aromatic N) is 3. The minimum atomic E-state index is -3.63. The first-order chi connectivity index (χ1) is 16.2. The third-order valence-electron chi connectivity index (χ3n) is 6.35. The molecule has 182 valence electrons. The Balaban J connectivity index is 1.54. The smallest absolute Gasteiger partial charge is 0.186 e. The maximum atomic E-state index is 13.3. The number of ketones is 1. The maximum Gasteiger partial charge on any atom is 0.186 e. The Labute approximate surface area is 208 Å². The Morgan fingerprint density at radius 3 is 2.68 bits per heavy atom. The zero-order chi connectivity index (χ0) is 24.5. The molecule has 1 aliphatic rings. The van der Waals surface area contributed by atoms with Gasteiger partial charge in [-0.25, -0.2) is 8.42 Å². The van der Waals surface area contributed by atoms with Gasteiger partial charge in [-0.1, -0.05) is 35.1 Å². The van der Waals surface area contributed by atoms with Gasteiger partial charge >= 0.3 is 0 Å². The molecule has 0 saturated carbocycles. The van der Waals surface area contributed by atoms with Crippen LogP contribution in [0.15, 0.2) is 46.3 Å². The van der Waals surface area contributed by atoms with Crippen LogP contribution in [0.3, 0.4) is 0 Å². The van der Waals surface area contributed by atoms with Crippen LogP contribution in [-0.2, 0) is 28.3 Å². The molecule has 2 aromatic carbocycles. The van der Waals surface area contributed by atoms with Gasteiger partial charge in [-0.3, -0.25) is 9.79 Å². The molecule has 1 N–H and O–H groups in total. The molecule has 7 nitrogen and oxygen atoms in total. The average Bonchev–Trinajstić information content (AvgIpc) is 3.17. The number of hydrogen-bond donors (Lipinski definition) is 1. The number of aliphatic hydroxyl groups excluding tert-OH is 1. The number of fused-ring (bicyclic) bond motifs is 1. The third kappa shape index (κ3) is 4.93. The summed E-state index contributed by atoms with van der Waals surface area (Å²) < 4.78 is 27.9. The topological polar surface area (TPSA) is 92.0 Å². The molecule has 1 atom stereocenters. The van der Waals surface area contributed by atoms with Gasteiger partial charge < -0.3 is 14.6 Å². The second kappa shape index (κ2) is 10.2. The van der Waals surface area contributed by atoms with E-state index < -0.39 is 15.9 Å². The van der Waals surface area contributed by atoms with Crippen LogP contribution < -0.4 is 9.70 Å². The molecule has 0 radical (unpaired) electrons. The molecule has 0 aliphatic carbocycles. The van der Waals surface area contributed by atoms with E-state index >= 15 is 0 Å². The Hall–Kier alpha value is -2.20. The average molecular weight is 522 g/mol. The van der Waals surface area contributed by atoms with Crippen molar-refractivity contribution in [2.45, 2.75) is 43.2 Å². The second-order valence-corrected chi connectivity index (χ2v) is 12.0. The standard InChI is InChI=1S/C24H28ClN3O4S2/c1-26-24-27(2)21(15-29)23(33-24)28-11-4-3-5-20(28)22(30)10-12-34(31,32)19-9-7-16-13-18(25)8-6-17(16)14-19/h6-9,13-14,20,29H,3-5,10-12,15H2,1-2H3. The van der Waals surface area contributed by atoms with E-state index in [9.17, 15) is 18.3 Å². The zero-order valence-corrected chi connectivity index (χ0v) is 21.6. The number of Topliss-reactive ketones (excluding diaryl/α,β-unsaturated/α-hetero) is 1. The molecule has 1 aliphatic heterocycles. The Kier molecular flexibility index (Phi) is 7.47. The lowest BCUT2D eigenvalue weighted by Crippen LogP contribution is -2.45. The Morgan fingerprint density at radius 2 is 1.94 bits per heavy atom.